The molecule has 2 N–H and O–H groups in total. The molecule has 2 aliphatic rings. The molecular formula is C15H19N7O2. The van der Waals surface area contributed by atoms with Crippen molar-refractivity contribution < 1.29 is 9.59 Å². The maximum atomic E-state index is 12.0. The maximum absolute atomic E-state index is 12.0. The van der Waals surface area contributed by atoms with Gasteiger partial charge in [0.25, 0.3) is 0 Å². The van der Waals surface area contributed by atoms with Crippen molar-refractivity contribution in [2.45, 2.75) is 32.4 Å². The van der Waals surface area contributed by atoms with Crippen LogP contribution >= 0.6 is 0 Å². The lowest BCUT2D eigenvalue weighted by atomic mass is 10.1. The van der Waals surface area contributed by atoms with Crippen molar-refractivity contribution in [1.29, 1.82) is 0 Å². The Labute approximate surface area is 138 Å². The van der Waals surface area contributed by atoms with Gasteiger partial charge < -0.3 is 15.5 Å². The number of anilines is 1. The summed E-state index contributed by atoms with van der Waals surface area (Å²) in [5, 5.41) is 11.3. The van der Waals surface area contributed by atoms with Crippen molar-refractivity contribution in [1.82, 2.24) is 30.0 Å². The normalized spacial score (nSPS) is 23.5. The zero-order valence-corrected chi connectivity index (χ0v) is 13.8. The molecule has 4 heterocycles. The van der Waals surface area contributed by atoms with Gasteiger partial charge in [-0.3, -0.25) is 14.3 Å². The molecule has 9 heteroatoms. The zero-order valence-electron chi connectivity index (χ0n) is 13.8. The highest BCUT2D eigenvalue weighted by Crippen LogP contribution is 2.28. The molecule has 0 unspecified atom stereocenters. The van der Waals surface area contributed by atoms with E-state index < -0.39 is 6.04 Å². The third kappa shape index (κ3) is 2.19. The average Bonchev–Trinajstić information content (AvgIpc) is 3.06. The minimum absolute atomic E-state index is 0.0279. The minimum Gasteiger partial charge on any atom is -0.365 e. The summed E-state index contributed by atoms with van der Waals surface area (Å²) in [7, 11) is 1.85. The van der Waals surface area contributed by atoms with Crippen molar-refractivity contribution >= 4 is 28.7 Å². The summed E-state index contributed by atoms with van der Waals surface area (Å²) in [6.45, 7) is 4.34. The first-order chi connectivity index (χ1) is 11.4. The summed E-state index contributed by atoms with van der Waals surface area (Å²) in [4.78, 5) is 34.6. The fraction of sp³-hybridized carbons (Fsp3) is 0.533. The lowest BCUT2D eigenvalue weighted by Crippen LogP contribution is -2.55. The number of aromatic nitrogens is 4. The molecule has 2 amide bonds. The van der Waals surface area contributed by atoms with Gasteiger partial charge in [0.15, 0.2) is 5.65 Å². The molecule has 126 valence electrons. The van der Waals surface area contributed by atoms with Crippen LogP contribution in [0.1, 0.15) is 17.9 Å². The maximum Gasteiger partial charge on any atom is 0.243 e. The summed E-state index contributed by atoms with van der Waals surface area (Å²) in [5.74, 6) is 1.24. The molecule has 2 fully saturated rings. The van der Waals surface area contributed by atoms with Crippen LogP contribution in [0.5, 0.6) is 0 Å². The molecule has 2 aromatic rings. The SMILES string of the molecule is Cc1nc(N[C@H]2C[C@H]3C(=O)NCC(=O)N3C2)c2c(C)nn(C)c2n1. The Bertz CT molecular complexity index is 835. The lowest BCUT2D eigenvalue weighted by Gasteiger charge is -2.28. The van der Waals surface area contributed by atoms with Gasteiger partial charge in [0.2, 0.25) is 11.8 Å². The first kappa shape index (κ1) is 14.9. The molecule has 24 heavy (non-hydrogen) atoms. The Morgan fingerprint density at radius 1 is 1.25 bits per heavy atom. The average molecular weight is 329 g/mol. The summed E-state index contributed by atoms with van der Waals surface area (Å²) in [6.07, 6.45) is 0.571. The smallest absolute Gasteiger partial charge is 0.243 e. The number of hydrogen-bond acceptors (Lipinski definition) is 6. The number of piperazine rings is 1. The number of rotatable bonds is 2. The Balaban J connectivity index is 1.66. The number of fused-ring (bicyclic) bond motifs is 2. The Hall–Kier alpha value is -2.71. The molecule has 0 saturated carbocycles. The molecule has 4 rings (SSSR count). The monoisotopic (exact) mass is 329 g/mol. The van der Waals surface area contributed by atoms with Crippen molar-refractivity contribution in [3.8, 4) is 0 Å². The van der Waals surface area contributed by atoms with Crippen LogP contribution < -0.4 is 10.6 Å². The largest absolute Gasteiger partial charge is 0.365 e. The molecule has 2 atom stereocenters. The van der Waals surface area contributed by atoms with E-state index in [4.69, 9.17) is 0 Å². The number of aryl methyl sites for hydroxylation is 3. The Morgan fingerprint density at radius 2 is 2.04 bits per heavy atom. The molecule has 0 spiro atoms. The van der Waals surface area contributed by atoms with Crippen molar-refractivity contribution in [3.63, 3.8) is 0 Å². The van der Waals surface area contributed by atoms with E-state index in [0.717, 1.165) is 16.7 Å². The molecule has 0 bridgehead atoms. The summed E-state index contributed by atoms with van der Waals surface area (Å²) in [6, 6.07) is -0.419. The Kier molecular flexibility index (Phi) is 3.19. The van der Waals surface area contributed by atoms with Crippen molar-refractivity contribution in [3.05, 3.63) is 11.5 Å². The van der Waals surface area contributed by atoms with Gasteiger partial charge in [-0.15, -0.1) is 0 Å². The van der Waals surface area contributed by atoms with Crippen LogP contribution in [0.2, 0.25) is 0 Å². The van der Waals surface area contributed by atoms with E-state index in [2.05, 4.69) is 25.7 Å². The number of carbonyl (C=O) groups is 2. The van der Waals surface area contributed by atoms with Crippen molar-refractivity contribution in [2.75, 3.05) is 18.4 Å². The van der Waals surface area contributed by atoms with Gasteiger partial charge in [0.05, 0.1) is 17.6 Å². The first-order valence-electron chi connectivity index (χ1n) is 7.95. The highest BCUT2D eigenvalue weighted by atomic mass is 16.2. The Morgan fingerprint density at radius 3 is 2.79 bits per heavy atom. The number of nitrogens with one attached hydrogen (secondary N) is 2. The van der Waals surface area contributed by atoms with E-state index in [1.807, 2.05) is 20.9 Å². The second-order valence-corrected chi connectivity index (χ2v) is 6.38. The van der Waals surface area contributed by atoms with E-state index in [-0.39, 0.29) is 24.4 Å². The van der Waals surface area contributed by atoms with Crippen molar-refractivity contribution in [2.24, 2.45) is 7.05 Å². The van der Waals surface area contributed by atoms with Crippen LogP contribution in [0.25, 0.3) is 11.0 Å². The second kappa shape index (κ2) is 5.15. The molecule has 2 saturated heterocycles. The van der Waals surface area contributed by atoms with Crippen LogP contribution in [-0.2, 0) is 16.6 Å². The quantitative estimate of drug-likeness (QED) is 0.769. The minimum atomic E-state index is -0.392. The van der Waals surface area contributed by atoms with Gasteiger partial charge in [0, 0.05) is 19.6 Å². The topological polar surface area (TPSA) is 105 Å². The molecule has 9 nitrogen and oxygen atoms in total. The number of carbonyl (C=O) groups excluding carboxylic acids is 2. The molecule has 0 aromatic carbocycles. The van der Waals surface area contributed by atoms with Gasteiger partial charge in [-0.2, -0.15) is 5.10 Å². The van der Waals surface area contributed by atoms with E-state index in [1.54, 1.807) is 9.58 Å². The third-order valence-corrected chi connectivity index (χ3v) is 4.65. The van der Waals surface area contributed by atoms with Crippen LogP contribution in [0.3, 0.4) is 0 Å². The number of amides is 2. The number of hydrogen-bond donors (Lipinski definition) is 2. The first-order valence-corrected chi connectivity index (χ1v) is 7.95. The van der Waals surface area contributed by atoms with E-state index in [9.17, 15) is 9.59 Å². The predicted molar refractivity (Wildman–Crippen MR) is 86.3 cm³/mol. The van der Waals surface area contributed by atoms with Gasteiger partial charge >= 0.3 is 0 Å². The van der Waals surface area contributed by atoms with E-state index in [0.29, 0.717) is 24.6 Å². The highest BCUT2D eigenvalue weighted by molar-refractivity contribution is 5.95. The molecule has 2 aliphatic heterocycles. The van der Waals surface area contributed by atoms with Gasteiger partial charge in [-0.05, 0) is 20.3 Å². The predicted octanol–water partition coefficient (Wildman–Crippen LogP) is -0.509. The second-order valence-electron chi connectivity index (χ2n) is 6.38. The summed E-state index contributed by atoms with van der Waals surface area (Å²) >= 11 is 0. The molecule has 0 aliphatic carbocycles. The zero-order chi connectivity index (χ0) is 17.0. The summed E-state index contributed by atoms with van der Waals surface area (Å²) in [5.41, 5.74) is 1.62. The fourth-order valence-corrected chi connectivity index (χ4v) is 3.59. The molecular weight excluding hydrogens is 310 g/mol. The molecule has 0 radical (unpaired) electrons. The number of nitrogens with zero attached hydrogens (tertiary/aromatic N) is 5. The lowest BCUT2D eigenvalue weighted by molar-refractivity contribution is -0.143. The standard InChI is InChI=1S/C15H19N7O2/c1-7-12-13(17-8(2)18-14(12)21(3)20-7)19-9-4-10-15(24)16-5-11(23)22(10)6-9/h9-10H,4-6H2,1-3H3,(H,16,24)(H,17,18,19)/t9-,10-/m0/s1. The van der Waals surface area contributed by atoms with Gasteiger partial charge in [0.1, 0.15) is 17.7 Å². The van der Waals surface area contributed by atoms with Gasteiger partial charge in [-0.25, -0.2) is 9.97 Å². The van der Waals surface area contributed by atoms with Crippen LogP contribution in [0.15, 0.2) is 0 Å². The van der Waals surface area contributed by atoms with Crippen LogP contribution in [-0.4, -0.2) is 61.6 Å². The molecule has 2 aromatic heterocycles. The van der Waals surface area contributed by atoms with Crippen LogP contribution in [0.4, 0.5) is 5.82 Å². The third-order valence-electron chi connectivity index (χ3n) is 4.65. The van der Waals surface area contributed by atoms with E-state index >= 15 is 0 Å². The fourth-order valence-electron chi connectivity index (χ4n) is 3.59. The summed E-state index contributed by atoms with van der Waals surface area (Å²) < 4.78 is 1.74. The van der Waals surface area contributed by atoms with E-state index in [1.165, 1.54) is 0 Å². The van der Waals surface area contributed by atoms with Gasteiger partial charge in [-0.1, -0.05) is 0 Å². The highest BCUT2D eigenvalue weighted by Gasteiger charge is 2.42. The van der Waals surface area contributed by atoms with Crippen LogP contribution in [0, 0.1) is 13.8 Å².